The van der Waals surface area contributed by atoms with E-state index >= 15 is 0 Å². The second-order valence-electron chi connectivity index (χ2n) is 6.27. The number of aromatic nitrogens is 2. The fourth-order valence-corrected chi connectivity index (χ4v) is 2.90. The molecule has 0 saturated heterocycles. The lowest BCUT2D eigenvalue weighted by atomic mass is 9.94. The van der Waals surface area contributed by atoms with Gasteiger partial charge < -0.3 is 15.2 Å². The summed E-state index contributed by atoms with van der Waals surface area (Å²) >= 11 is 0. The monoisotopic (exact) mass is 417 g/mol. The molecule has 1 aromatic carbocycles. The molecule has 0 aliphatic carbocycles. The number of rotatable bonds is 7. The van der Waals surface area contributed by atoms with E-state index in [1.807, 2.05) is 0 Å². The fourth-order valence-electron chi connectivity index (χ4n) is 2.90. The van der Waals surface area contributed by atoms with E-state index in [0.29, 0.717) is 11.1 Å². The van der Waals surface area contributed by atoms with E-state index in [9.17, 15) is 18.0 Å². The maximum absolute atomic E-state index is 13.2. The number of hydrogen-bond acceptors (Lipinski definition) is 5. The van der Waals surface area contributed by atoms with Crippen LogP contribution in [-0.4, -0.2) is 36.2 Å². The van der Waals surface area contributed by atoms with Crippen LogP contribution in [0.15, 0.2) is 55.0 Å². The Morgan fingerprint density at radius 2 is 1.87 bits per heavy atom. The molecule has 0 aliphatic heterocycles. The van der Waals surface area contributed by atoms with Gasteiger partial charge in [0.05, 0.1) is 12.2 Å². The summed E-state index contributed by atoms with van der Waals surface area (Å²) in [6, 6.07) is 8.85. The van der Waals surface area contributed by atoms with Gasteiger partial charge in [0.2, 0.25) is 5.91 Å². The highest BCUT2D eigenvalue weighted by Crippen LogP contribution is 2.39. The van der Waals surface area contributed by atoms with Gasteiger partial charge in [0.1, 0.15) is 18.1 Å². The highest BCUT2D eigenvalue weighted by molar-refractivity contribution is 6.03. The average Bonchev–Trinajstić information content (AvgIpc) is 2.73. The van der Waals surface area contributed by atoms with Gasteiger partial charge in [0.25, 0.3) is 0 Å². The summed E-state index contributed by atoms with van der Waals surface area (Å²) in [6.07, 6.45) is -0.433. The Morgan fingerprint density at radius 3 is 2.50 bits per heavy atom. The molecule has 0 atom stereocenters. The molecule has 2 N–H and O–H groups in total. The lowest BCUT2D eigenvalue weighted by Crippen LogP contribution is -2.15. The van der Waals surface area contributed by atoms with E-state index in [2.05, 4.69) is 9.97 Å². The molecule has 9 heteroatoms. The summed E-state index contributed by atoms with van der Waals surface area (Å²) in [6.45, 7) is 0.363. The molecule has 1 amide bonds. The van der Waals surface area contributed by atoms with Crippen LogP contribution in [0, 0.1) is 0 Å². The zero-order valence-electron chi connectivity index (χ0n) is 15.9. The summed E-state index contributed by atoms with van der Waals surface area (Å²) in [5, 5.41) is 0. The van der Waals surface area contributed by atoms with Crippen molar-refractivity contribution in [2.24, 2.45) is 5.73 Å². The van der Waals surface area contributed by atoms with Crippen LogP contribution in [0.25, 0.3) is 22.3 Å². The standard InChI is InChI=1S/C21H18F3N3O3/c1-29-7-8-30-17-10-15(14-3-2-5-26-12-14)9-16(20(25)28)19(17)13-4-6-27-18(11-13)21(22,23)24/h2-6,9-12H,7-8H2,1H3,(H2,25,28). The zero-order chi connectivity index (χ0) is 21.7. The van der Waals surface area contributed by atoms with Crippen molar-refractivity contribution in [1.82, 2.24) is 9.97 Å². The largest absolute Gasteiger partial charge is 0.490 e. The molecular formula is C21H18F3N3O3. The number of carbonyl (C=O) groups is 1. The lowest BCUT2D eigenvalue weighted by Gasteiger charge is -2.17. The van der Waals surface area contributed by atoms with Crippen LogP contribution in [0.2, 0.25) is 0 Å². The third-order valence-corrected chi connectivity index (χ3v) is 4.25. The first-order valence-corrected chi connectivity index (χ1v) is 8.85. The van der Waals surface area contributed by atoms with Crippen molar-refractivity contribution in [2.75, 3.05) is 20.3 Å². The van der Waals surface area contributed by atoms with Crippen molar-refractivity contribution in [3.63, 3.8) is 0 Å². The molecule has 0 saturated carbocycles. The Kier molecular flexibility index (Phi) is 6.31. The third kappa shape index (κ3) is 4.74. The topological polar surface area (TPSA) is 87.3 Å². The molecule has 6 nitrogen and oxygen atoms in total. The summed E-state index contributed by atoms with van der Waals surface area (Å²) in [5.74, 6) is -0.612. The van der Waals surface area contributed by atoms with Crippen molar-refractivity contribution >= 4 is 5.91 Å². The number of amides is 1. The van der Waals surface area contributed by atoms with Crippen LogP contribution in [0.4, 0.5) is 13.2 Å². The summed E-state index contributed by atoms with van der Waals surface area (Å²) in [5.41, 5.74) is 6.03. The molecule has 0 radical (unpaired) electrons. The number of halogens is 3. The van der Waals surface area contributed by atoms with E-state index in [-0.39, 0.29) is 35.7 Å². The smallest absolute Gasteiger partial charge is 0.433 e. The average molecular weight is 417 g/mol. The van der Waals surface area contributed by atoms with Crippen LogP contribution in [0.3, 0.4) is 0 Å². The molecule has 3 rings (SSSR count). The van der Waals surface area contributed by atoms with Crippen molar-refractivity contribution in [1.29, 1.82) is 0 Å². The van der Waals surface area contributed by atoms with Gasteiger partial charge in [-0.05, 0) is 41.5 Å². The SMILES string of the molecule is COCCOc1cc(-c2cccnc2)cc(C(N)=O)c1-c1ccnc(C(F)(F)F)c1. The second kappa shape index (κ2) is 8.91. The van der Waals surface area contributed by atoms with E-state index in [4.69, 9.17) is 15.2 Å². The van der Waals surface area contributed by atoms with Crippen molar-refractivity contribution in [3.05, 3.63) is 66.2 Å². The first-order valence-electron chi connectivity index (χ1n) is 8.85. The van der Waals surface area contributed by atoms with E-state index in [1.165, 1.54) is 19.2 Å². The normalized spacial score (nSPS) is 11.3. The number of primary amides is 1. The predicted molar refractivity (Wildman–Crippen MR) is 104 cm³/mol. The van der Waals surface area contributed by atoms with Crippen LogP contribution in [0.1, 0.15) is 16.1 Å². The van der Waals surface area contributed by atoms with Gasteiger partial charge in [0, 0.05) is 36.8 Å². The lowest BCUT2D eigenvalue weighted by molar-refractivity contribution is -0.141. The van der Waals surface area contributed by atoms with E-state index in [0.717, 1.165) is 12.3 Å². The van der Waals surface area contributed by atoms with Crippen LogP contribution in [-0.2, 0) is 10.9 Å². The zero-order valence-corrected chi connectivity index (χ0v) is 15.9. The van der Waals surface area contributed by atoms with E-state index < -0.39 is 17.8 Å². The number of nitrogens with zero attached hydrogens (tertiary/aromatic N) is 2. The van der Waals surface area contributed by atoms with Gasteiger partial charge in [-0.2, -0.15) is 13.2 Å². The van der Waals surface area contributed by atoms with Gasteiger partial charge >= 0.3 is 6.18 Å². The minimum atomic E-state index is -4.64. The Balaban J connectivity index is 2.23. The molecule has 0 bridgehead atoms. The molecule has 156 valence electrons. The van der Waals surface area contributed by atoms with Crippen LogP contribution < -0.4 is 10.5 Å². The quantitative estimate of drug-likeness (QED) is 0.588. The van der Waals surface area contributed by atoms with Crippen molar-refractivity contribution < 1.29 is 27.4 Å². The fraction of sp³-hybridized carbons (Fsp3) is 0.190. The minimum absolute atomic E-state index is 0.0168. The van der Waals surface area contributed by atoms with Gasteiger partial charge in [-0.15, -0.1) is 0 Å². The number of pyridine rings is 2. The highest BCUT2D eigenvalue weighted by atomic mass is 19.4. The molecule has 0 unspecified atom stereocenters. The molecule has 0 fully saturated rings. The van der Waals surface area contributed by atoms with Crippen molar-refractivity contribution in [3.8, 4) is 28.0 Å². The van der Waals surface area contributed by atoms with Gasteiger partial charge in [-0.3, -0.25) is 14.8 Å². The summed E-state index contributed by atoms with van der Waals surface area (Å²) in [4.78, 5) is 19.7. The minimum Gasteiger partial charge on any atom is -0.490 e. The van der Waals surface area contributed by atoms with Crippen LogP contribution in [0.5, 0.6) is 5.75 Å². The number of carbonyl (C=O) groups excluding carboxylic acids is 1. The first-order chi connectivity index (χ1) is 14.3. The van der Waals surface area contributed by atoms with Gasteiger partial charge in [0.15, 0.2) is 0 Å². The number of nitrogens with two attached hydrogens (primary N) is 1. The number of benzene rings is 1. The molecule has 0 spiro atoms. The summed E-state index contributed by atoms with van der Waals surface area (Å²) < 4.78 is 50.2. The Morgan fingerprint density at radius 1 is 1.07 bits per heavy atom. The van der Waals surface area contributed by atoms with Gasteiger partial charge in [-0.1, -0.05) is 6.07 Å². The molecule has 3 aromatic rings. The Hall–Kier alpha value is -3.46. The number of alkyl halides is 3. The molecule has 30 heavy (non-hydrogen) atoms. The number of ether oxygens (including phenoxy) is 2. The molecule has 2 heterocycles. The maximum atomic E-state index is 13.2. The number of hydrogen-bond donors (Lipinski definition) is 1. The second-order valence-corrected chi connectivity index (χ2v) is 6.27. The predicted octanol–water partition coefficient (Wildman–Crippen LogP) is 3.95. The van der Waals surface area contributed by atoms with E-state index in [1.54, 1.807) is 30.6 Å². The first kappa shape index (κ1) is 21.3. The van der Waals surface area contributed by atoms with Gasteiger partial charge in [-0.25, -0.2) is 0 Å². The molecule has 2 aromatic heterocycles. The third-order valence-electron chi connectivity index (χ3n) is 4.25. The Labute approximate surface area is 170 Å². The molecule has 0 aliphatic rings. The molecular weight excluding hydrogens is 399 g/mol. The summed E-state index contributed by atoms with van der Waals surface area (Å²) in [7, 11) is 1.49. The van der Waals surface area contributed by atoms with Crippen LogP contribution >= 0.6 is 0 Å². The van der Waals surface area contributed by atoms with Crippen molar-refractivity contribution in [2.45, 2.75) is 6.18 Å². The Bertz CT molecular complexity index is 1040. The maximum Gasteiger partial charge on any atom is 0.433 e. The highest BCUT2D eigenvalue weighted by Gasteiger charge is 2.33. The number of methoxy groups -OCH3 is 1.